The molecule has 0 atom stereocenters. The maximum absolute atomic E-state index is 13.0. The highest BCUT2D eigenvalue weighted by atomic mass is 35.5. The minimum absolute atomic E-state index is 0.0818. The van der Waals surface area contributed by atoms with Gasteiger partial charge in [-0.25, -0.2) is 9.37 Å². The molecule has 0 unspecified atom stereocenters. The lowest BCUT2D eigenvalue weighted by Crippen LogP contribution is -2.23. The van der Waals surface area contributed by atoms with Crippen LogP contribution in [0.4, 0.5) is 4.39 Å². The third kappa shape index (κ3) is 3.36. The van der Waals surface area contributed by atoms with E-state index in [4.69, 9.17) is 16.3 Å². The first-order chi connectivity index (χ1) is 9.47. The van der Waals surface area contributed by atoms with Crippen LogP contribution in [0.1, 0.15) is 13.8 Å². The average Bonchev–Trinajstić information content (AvgIpc) is 2.36. The van der Waals surface area contributed by atoms with E-state index in [0.717, 1.165) is 6.07 Å². The minimum atomic E-state index is -0.472. The molecule has 0 aliphatic heterocycles. The first kappa shape index (κ1) is 14.5. The van der Waals surface area contributed by atoms with Gasteiger partial charge in [0.05, 0.1) is 5.02 Å². The summed E-state index contributed by atoms with van der Waals surface area (Å²) in [6.07, 6.45) is 3.08. The van der Waals surface area contributed by atoms with Gasteiger partial charge in [-0.15, -0.1) is 0 Å². The van der Waals surface area contributed by atoms with Crippen LogP contribution < -0.4 is 10.3 Å². The van der Waals surface area contributed by atoms with E-state index in [1.165, 1.54) is 22.9 Å². The predicted molar refractivity (Wildman–Crippen MR) is 74.8 cm³/mol. The van der Waals surface area contributed by atoms with Gasteiger partial charge in [0, 0.05) is 18.9 Å². The van der Waals surface area contributed by atoms with Crippen LogP contribution in [0, 0.1) is 11.7 Å². The molecule has 0 aliphatic rings. The summed E-state index contributed by atoms with van der Waals surface area (Å²) in [5, 5.41) is 0.0884. The molecule has 0 aliphatic carbocycles. The first-order valence-electron chi connectivity index (χ1n) is 6.15. The normalized spacial score (nSPS) is 10.8. The molecule has 0 saturated carbocycles. The van der Waals surface area contributed by atoms with Crippen LogP contribution >= 0.6 is 11.6 Å². The van der Waals surface area contributed by atoms with Gasteiger partial charge < -0.3 is 9.30 Å². The number of aromatic nitrogens is 2. The summed E-state index contributed by atoms with van der Waals surface area (Å²) >= 11 is 5.85. The summed E-state index contributed by atoms with van der Waals surface area (Å²) in [5.74, 6) is -0.0421. The molecule has 0 fully saturated rings. The molecule has 6 heteroatoms. The van der Waals surface area contributed by atoms with Crippen molar-refractivity contribution in [2.45, 2.75) is 20.4 Å². The number of halogens is 2. The van der Waals surface area contributed by atoms with Crippen molar-refractivity contribution < 1.29 is 9.13 Å². The maximum Gasteiger partial charge on any atom is 0.313 e. The lowest BCUT2D eigenvalue weighted by Gasteiger charge is -2.10. The summed E-state index contributed by atoms with van der Waals surface area (Å²) in [6, 6.07) is 3.68. The third-order valence-corrected chi connectivity index (χ3v) is 2.84. The van der Waals surface area contributed by atoms with E-state index in [1.807, 2.05) is 13.8 Å². The zero-order chi connectivity index (χ0) is 14.7. The Labute approximate surface area is 120 Å². The van der Waals surface area contributed by atoms with Gasteiger partial charge in [-0.05, 0) is 24.1 Å². The average molecular weight is 297 g/mol. The van der Waals surface area contributed by atoms with E-state index in [9.17, 15) is 9.18 Å². The van der Waals surface area contributed by atoms with Crippen LogP contribution in [0.25, 0.3) is 0 Å². The fourth-order valence-electron chi connectivity index (χ4n) is 1.70. The van der Waals surface area contributed by atoms with Crippen molar-refractivity contribution in [3.05, 3.63) is 51.8 Å². The van der Waals surface area contributed by atoms with E-state index in [2.05, 4.69) is 4.98 Å². The van der Waals surface area contributed by atoms with E-state index in [0.29, 0.717) is 12.5 Å². The molecule has 0 saturated heterocycles. The van der Waals surface area contributed by atoms with Crippen LogP contribution in [0.2, 0.25) is 5.02 Å². The third-order valence-electron chi connectivity index (χ3n) is 2.54. The van der Waals surface area contributed by atoms with Crippen molar-refractivity contribution in [2.24, 2.45) is 5.92 Å². The quantitative estimate of drug-likeness (QED) is 0.867. The Kier molecular flexibility index (Phi) is 4.39. The van der Waals surface area contributed by atoms with Gasteiger partial charge in [0.25, 0.3) is 5.88 Å². The Balaban J connectivity index is 2.32. The molecule has 1 aromatic heterocycles. The molecule has 0 radical (unpaired) electrons. The zero-order valence-electron chi connectivity index (χ0n) is 11.1. The molecular formula is C14H14ClFN2O2. The van der Waals surface area contributed by atoms with Gasteiger partial charge in [-0.3, -0.25) is 4.79 Å². The van der Waals surface area contributed by atoms with Gasteiger partial charge >= 0.3 is 5.56 Å². The molecule has 2 aromatic rings. The highest BCUT2D eigenvalue weighted by Gasteiger charge is 2.11. The van der Waals surface area contributed by atoms with Gasteiger partial charge in [0.1, 0.15) is 11.6 Å². The van der Waals surface area contributed by atoms with Gasteiger partial charge in [-0.1, -0.05) is 25.4 Å². The smallest absolute Gasteiger partial charge is 0.313 e. The fraction of sp³-hybridized carbons (Fsp3) is 0.286. The Hall–Kier alpha value is -1.88. The van der Waals surface area contributed by atoms with Crippen LogP contribution in [-0.4, -0.2) is 9.55 Å². The summed E-state index contributed by atoms with van der Waals surface area (Å²) in [6.45, 7) is 4.57. The van der Waals surface area contributed by atoms with E-state index in [1.54, 1.807) is 6.20 Å². The molecule has 0 amide bonds. The van der Waals surface area contributed by atoms with Crippen molar-refractivity contribution in [3.63, 3.8) is 0 Å². The van der Waals surface area contributed by atoms with Crippen molar-refractivity contribution in [2.75, 3.05) is 0 Å². The Morgan fingerprint density at radius 3 is 2.85 bits per heavy atom. The lowest BCUT2D eigenvalue weighted by molar-refractivity contribution is 0.431. The predicted octanol–water partition coefficient (Wildman–Crippen LogP) is 3.48. The molecule has 1 heterocycles. The monoisotopic (exact) mass is 296 g/mol. The van der Waals surface area contributed by atoms with Crippen molar-refractivity contribution in [1.82, 2.24) is 9.55 Å². The van der Waals surface area contributed by atoms with E-state index >= 15 is 0 Å². The first-order valence-corrected chi connectivity index (χ1v) is 6.53. The largest absolute Gasteiger partial charge is 0.433 e. The summed E-state index contributed by atoms with van der Waals surface area (Å²) in [7, 11) is 0. The Bertz CT molecular complexity index is 670. The van der Waals surface area contributed by atoms with E-state index in [-0.39, 0.29) is 22.2 Å². The molecule has 0 spiro atoms. The van der Waals surface area contributed by atoms with Crippen LogP contribution in [0.5, 0.6) is 11.6 Å². The molecular weight excluding hydrogens is 283 g/mol. The number of rotatable bonds is 4. The second-order valence-electron chi connectivity index (χ2n) is 4.76. The van der Waals surface area contributed by atoms with E-state index < -0.39 is 5.82 Å². The maximum atomic E-state index is 13.0. The highest BCUT2D eigenvalue weighted by Crippen LogP contribution is 2.27. The fourth-order valence-corrected chi connectivity index (χ4v) is 1.90. The van der Waals surface area contributed by atoms with Crippen LogP contribution in [0.15, 0.2) is 35.4 Å². The number of hydrogen-bond acceptors (Lipinski definition) is 3. The van der Waals surface area contributed by atoms with Crippen LogP contribution in [0.3, 0.4) is 0 Å². The van der Waals surface area contributed by atoms with Gasteiger partial charge in [-0.2, -0.15) is 0 Å². The van der Waals surface area contributed by atoms with Crippen molar-refractivity contribution in [3.8, 4) is 11.6 Å². The molecule has 2 rings (SSSR count). The number of hydrogen-bond donors (Lipinski definition) is 0. The van der Waals surface area contributed by atoms with Gasteiger partial charge in [0.2, 0.25) is 0 Å². The lowest BCUT2D eigenvalue weighted by atomic mass is 10.2. The highest BCUT2D eigenvalue weighted by molar-refractivity contribution is 6.32. The zero-order valence-corrected chi connectivity index (χ0v) is 11.9. The minimum Gasteiger partial charge on any atom is -0.433 e. The molecule has 20 heavy (non-hydrogen) atoms. The molecule has 4 nitrogen and oxygen atoms in total. The SMILES string of the molecule is CC(C)Cn1ccnc(Oc2ccc(F)cc2Cl)c1=O. The van der Waals surface area contributed by atoms with Crippen LogP contribution in [-0.2, 0) is 6.54 Å². The molecule has 1 aromatic carbocycles. The van der Waals surface area contributed by atoms with Gasteiger partial charge in [0.15, 0.2) is 0 Å². The van der Waals surface area contributed by atoms with Crippen molar-refractivity contribution in [1.29, 1.82) is 0 Å². The summed E-state index contributed by atoms with van der Waals surface area (Å²) in [4.78, 5) is 16.0. The Morgan fingerprint density at radius 1 is 1.45 bits per heavy atom. The topological polar surface area (TPSA) is 44.1 Å². The molecule has 106 valence electrons. The van der Waals surface area contributed by atoms with Crippen molar-refractivity contribution >= 4 is 11.6 Å². The molecule has 0 bridgehead atoms. The molecule has 0 N–H and O–H groups in total. The standard InChI is InChI=1S/C14H14ClFN2O2/c1-9(2)8-18-6-5-17-13(14(18)19)20-12-4-3-10(16)7-11(12)15/h3-7,9H,8H2,1-2H3. The number of nitrogens with zero attached hydrogens (tertiary/aromatic N) is 2. The number of benzene rings is 1. The summed E-state index contributed by atoms with van der Waals surface area (Å²) < 4.78 is 19.8. The summed E-state index contributed by atoms with van der Waals surface area (Å²) in [5.41, 5.74) is -0.346. The Morgan fingerprint density at radius 2 is 2.20 bits per heavy atom. The second-order valence-corrected chi connectivity index (χ2v) is 5.17. The second kappa shape index (κ2) is 6.05. The number of ether oxygens (including phenoxy) is 1.